The molecule has 1 N–H and O–H groups in total. The van der Waals surface area contributed by atoms with E-state index in [1.54, 1.807) is 9.13 Å². The van der Waals surface area contributed by atoms with Gasteiger partial charge in [0.1, 0.15) is 0 Å². The summed E-state index contributed by atoms with van der Waals surface area (Å²) in [6.07, 6.45) is 5.59. The third-order valence-electron chi connectivity index (χ3n) is 6.42. The van der Waals surface area contributed by atoms with Crippen LogP contribution in [0.4, 0.5) is 0 Å². The van der Waals surface area contributed by atoms with E-state index in [0.29, 0.717) is 19.6 Å². The molecule has 6 nitrogen and oxygen atoms in total. The van der Waals surface area contributed by atoms with Crippen LogP contribution in [0.15, 0.2) is 53.3 Å². The molecule has 1 aromatic heterocycles. The van der Waals surface area contributed by atoms with E-state index in [1.807, 2.05) is 31.2 Å². The van der Waals surface area contributed by atoms with Crippen LogP contribution in [0.5, 0.6) is 0 Å². The number of likely N-dealkylation sites (tertiary alicyclic amines) is 1. The molecule has 6 heteroatoms. The number of nitrogens with zero attached hydrogens (tertiary/aromatic N) is 3. The van der Waals surface area contributed by atoms with Crippen LogP contribution in [0.1, 0.15) is 50.2 Å². The lowest BCUT2D eigenvalue weighted by Crippen LogP contribution is -2.28. The van der Waals surface area contributed by atoms with Crippen molar-refractivity contribution in [2.75, 3.05) is 13.1 Å². The van der Waals surface area contributed by atoms with E-state index >= 15 is 0 Å². The van der Waals surface area contributed by atoms with Crippen molar-refractivity contribution in [2.45, 2.75) is 65.2 Å². The Labute approximate surface area is 189 Å². The van der Waals surface area contributed by atoms with Crippen LogP contribution >= 0.6 is 0 Å². The monoisotopic (exact) mass is 434 g/mol. The summed E-state index contributed by atoms with van der Waals surface area (Å²) < 4.78 is 3.45. The number of fused-ring (bicyclic) bond motifs is 1. The second kappa shape index (κ2) is 10.6. The Bertz CT molecular complexity index is 1090. The number of carbonyl (C=O) groups is 1. The molecule has 0 radical (unpaired) electrons. The number of aryl methyl sites for hydroxylation is 2. The third-order valence-corrected chi connectivity index (χ3v) is 6.42. The number of nitrogens with one attached hydrogen (secondary N) is 1. The molecule has 2 heterocycles. The molecular weight excluding hydrogens is 400 g/mol. The van der Waals surface area contributed by atoms with Crippen LogP contribution in [0.25, 0.3) is 11.0 Å². The number of amides is 1. The lowest BCUT2D eigenvalue weighted by molar-refractivity contribution is -0.121. The lowest BCUT2D eigenvalue weighted by atomic mass is 10.1. The highest BCUT2D eigenvalue weighted by atomic mass is 16.2. The fourth-order valence-electron chi connectivity index (χ4n) is 4.61. The van der Waals surface area contributed by atoms with E-state index in [-0.39, 0.29) is 18.0 Å². The molecule has 0 bridgehead atoms. The minimum atomic E-state index is -0.0542. The second-order valence-corrected chi connectivity index (χ2v) is 8.70. The normalized spacial score (nSPS) is 15.0. The van der Waals surface area contributed by atoms with E-state index in [4.69, 9.17) is 0 Å². The minimum absolute atomic E-state index is 0.0427. The molecule has 0 atom stereocenters. The molecule has 0 aliphatic carbocycles. The van der Waals surface area contributed by atoms with Gasteiger partial charge in [0, 0.05) is 32.6 Å². The Hall–Kier alpha value is -2.86. The Morgan fingerprint density at radius 3 is 2.16 bits per heavy atom. The van der Waals surface area contributed by atoms with Crippen LogP contribution in [0, 0.1) is 0 Å². The molecule has 0 saturated carbocycles. The summed E-state index contributed by atoms with van der Waals surface area (Å²) in [5.41, 5.74) is 4.17. The average molecular weight is 435 g/mol. The largest absolute Gasteiger partial charge is 0.352 e. The van der Waals surface area contributed by atoms with Gasteiger partial charge in [-0.3, -0.25) is 18.8 Å². The molecule has 1 aliphatic rings. The maximum Gasteiger partial charge on any atom is 0.329 e. The molecule has 1 aliphatic heterocycles. The summed E-state index contributed by atoms with van der Waals surface area (Å²) in [5, 5.41) is 3.00. The quantitative estimate of drug-likeness (QED) is 0.585. The first-order valence-electron chi connectivity index (χ1n) is 11.9. The third kappa shape index (κ3) is 5.30. The van der Waals surface area contributed by atoms with Gasteiger partial charge in [0.15, 0.2) is 0 Å². The Morgan fingerprint density at radius 1 is 0.875 bits per heavy atom. The molecule has 170 valence electrons. The number of imidazole rings is 1. The van der Waals surface area contributed by atoms with E-state index < -0.39 is 0 Å². The van der Waals surface area contributed by atoms with Crippen LogP contribution < -0.4 is 11.0 Å². The maximum atomic E-state index is 12.7. The van der Waals surface area contributed by atoms with Crippen LogP contribution in [0.2, 0.25) is 0 Å². The molecule has 1 amide bonds. The number of rotatable bonds is 8. The van der Waals surface area contributed by atoms with Gasteiger partial charge in [-0.05, 0) is 56.1 Å². The molecule has 1 fully saturated rings. The maximum absolute atomic E-state index is 12.7. The Kier molecular flexibility index (Phi) is 7.43. The van der Waals surface area contributed by atoms with Gasteiger partial charge < -0.3 is 5.32 Å². The number of hydrogen-bond donors (Lipinski definition) is 1. The fraction of sp³-hybridized carbons (Fsp3) is 0.462. The first-order valence-corrected chi connectivity index (χ1v) is 11.9. The summed E-state index contributed by atoms with van der Waals surface area (Å²) in [7, 11) is 0. The summed E-state index contributed by atoms with van der Waals surface area (Å²) in [6, 6.07) is 16.3. The van der Waals surface area contributed by atoms with Crippen molar-refractivity contribution in [3.8, 4) is 0 Å². The second-order valence-electron chi connectivity index (χ2n) is 8.70. The topological polar surface area (TPSA) is 59.3 Å². The first-order chi connectivity index (χ1) is 15.7. The summed E-state index contributed by atoms with van der Waals surface area (Å²) in [5.74, 6) is -0.0427. The lowest BCUT2D eigenvalue weighted by Gasteiger charge is -2.19. The molecule has 0 unspecified atom stereocenters. The smallest absolute Gasteiger partial charge is 0.329 e. The zero-order chi connectivity index (χ0) is 22.3. The van der Waals surface area contributed by atoms with Gasteiger partial charge in [-0.15, -0.1) is 0 Å². The van der Waals surface area contributed by atoms with Crippen molar-refractivity contribution in [3.05, 3.63) is 70.1 Å². The van der Waals surface area contributed by atoms with Gasteiger partial charge in [-0.1, -0.05) is 49.2 Å². The van der Waals surface area contributed by atoms with E-state index in [0.717, 1.165) is 23.1 Å². The van der Waals surface area contributed by atoms with Gasteiger partial charge in [0.25, 0.3) is 0 Å². The SMILES string of the molecule is CCn1c(=O)n(CCC(=O)NCc2ccc(CN3CCCCCC3)cc2)c2ccccc21. The van der Waals surface area contributed by atoms with Crippen molar-refractivity contribution in [1.29, 1.82) is 0 Å². The predicted octanol–water partition coefficient (Wildman–Crippen LogP) is 3.91. The van der Waals surface area contributed by atoms with Gasteiger partial charge in [-0.2, -0.15) is 0 Å². The summed E-state index contributed by atoms with van der Waals surface area (Å²) in [4.78, 5) is 27.7. The van der Waals surface area contributed by atoms with Gasteiger partial charge in [-0.25, -0.2) is 4.79 Å². The summed E-state index contributed by atoms with van der Waals surface area (Å²) >= 11 is 0. The highest BCUT2D eigenvalue weighted by Gasteiger charge is 2.13. The van der Waals surface area contributed by atoms with E-state index in [9.17, 15) is 9.59 Å². The number of benzene rings is 2. The molecule has 4 rings (SSSR count). The highest BCUT2D eigenvalue weighted by Crippen LogP contribution is 2.15. The molecule has 0 spiro atoms. The zero-order valence-corrected chi connectivity index (χ0v) is 19.1. The van der Waals surface area contributed by atoms with Crippen molar-refractivity contribution in [2.24, 2.45) is 0 Å². The summed E-state index contributed by atoms with van der Waals surface area (Å²) in [6.45, 7) is 6.86. The van der Waals surface area contributed by atoms with Crippen molar-refractivity contribution < 1.29 is 4.79 Å². The van der Waals surface area contributed by atoms with Crippen molar-refractivity contribution in [3.63, 3.8) is 0 Å². The number of carbonyl (C=O) groups excluding carboxylic acids is 1. The number of aromatic nitrogens is 2. The number of para-hydroxylation sites is 2. The van der Waals surface area contributed by atoms with E-state index in [2.05, 4.69) is 34.5 Å². The highest BCUT2D eigenvalue weighted by molar-refractivity contribution is 5.78. The van der Waals surface area contributed by atoms with Crippen molar-refractivity contribution >= 4 is 16.9 Å². The zero-order valence-electron chi connectivity index (χ0n) is 19.1. The Balaban J connectivity index is 1.29. The van der Waals surface area contributed by atoms with Gasteiger partial charge in [0.2, 0.25) is 5.91 Å². The molecule has 2 aromatic carbocycles. The number of hydrogen-bond acceptors (Lipinski definition) is 3. The van der Waals surface area contributed by atoms with Crippen molar-refractivity contribution in [1.82, 2.24) is 19.4 Å². The van der Waals surface area contributed by atoms with E-state index in [1.165, 1.54) is 44.3 Å². The van der Waals surface area contributed by atoms with Gasteiger partial charge >= 0.3 is 5.69 Å². The molecule has 3 aromatic rings. The minimum Gasteiger partial charge on any atom is -0.352 e. The first kappa shape index (κ1) is 22.3. The fourth-order valence-corrected chi connectivity index (χ4v) is 4.61. The standard InChI is InChI=1S/C26H34N4O2/c1-2-29-23-9-5-6-10-24(23)30(26(29)32)18-15-25(31)27-19-21-11-13-22(14-12-21)20-28-16-7-3-4-8-17-28/h5-6,9-14H,2-4,7-8,15-20H2,1H3,(H,27,31). The van der Waals surface area contributed by atoms with Crippen LogP contribution in [0.3, 0.4) is 0 Å². The van der Waals surface area contributed by atoms with Crippen LogP contribution in [-0.4, -0.2) is 33.0 Å². The van der Waals surface area contributed by atoms with Gasteiger partial charge in [0.05, 0.1) is 11.0 Å². The Morgan fingerprint density at radius 2 is 1.50 bits per heavy atom. The molecule has 1 saturated heterocycles. The van der Waals surface area contributed by atoms with Crippen LogP contribution in [-0.2, 0) is 31.0 Å². The predicted molar refractivity (Wildman–Crippen MR) is 129 cm³/mol. The molecular formula is C26H34N4O2. The average Bonchev–Trinajstić information content (AvgIpc) is 2.94. The molecule has 32 heavy (non-hydrogen) atoms.